The summed E-state index contributed by atoms with van der Waals surface area (Å²) in [4.78, 5) is 29.9. The maximum Gasteiger partial charge on any atom is 0.255 e. The lowest BCUT2D eigenvalue weighted by atomic mass is 10.1. The van der Waals surface area contributed by atoms with Gasteiger partial charge in [0, 0.05) is 50.4 Å². The molecule has 116 valence electrons. The van der Waals surface area contributed by atoms with E-state index in [1.165, 1.54) is 0 Å². The standard InChI is InChI=1S/C15H20N6O/c1-2-3-13-19-12-4-5-21(9-11(12)14(22)20-13)8-10-6-17-15(16)18-7-10/h6-7H,2-5,8-9H2,1H3,(H2,16,17,18)(H,19,20,22). The number of rotatable bonds is 4. The Kier molecular flexibility index (Phi) is 4.15. The normalized spacial score (nSPS) is 14.8. The quantitative estimate of drug-likeness (QED) is 0.860. The third-order valence-electron chi connectivity index (χ3n) is 3.81. The number of hydrogen-bond acceptors (Lipinski definition) is 6. The molecule has 3 N–H and O–H groups in total. The Morgan fingerprint density at radius 3 is 2.86 bits per heavy atom. The first-order chi connectivity index (χ1) is 10.7. The monoisotopic (exact) mass is 300 g/mol. The SMILES string of the molecule is CCCc1nc2c(c(=O)[nH]1)CN(Cc1cnc(N)nc1)CC2. The van der Waals surface area contributed by atoms with Crippen LogP contribution in [0.3, 0.4) is 0 Å². The molecule has 0 aliphatic carbocycles. The van der Waals surface area contributed by atoms with Crippen LogP contribution >= 0.6 is 0 Å². The molecule has 0 saturated heterocycles. The fourth-order valence-electron chi connectivity index (χ4n) is 2.73. The molecular weight excluding hydrogens is 280 g/mol. The maximum atomic E-state index is 12.2. The van der Waals surface area contributed by atoms with E-state index < -0.39 is 0 Å². The molecule has 1 aliphatic heterocycles. The lowest BCUT2D eigenvalue weighted by Crippen LogP contribution is -2.35. The second-order valence-electron chi connectivity index (χ2n) is 5.60. The molecule has 2 aromatic heterocycles. The summed E-state index contributed by atoms with van der Waals surface area (Å²) >= 11 is 0. The second-order valence-corrected chi connectivity index (χ2v) is 5.60. The molecule has 3 rings (SSSR count). The number of anilines is 1. The molecule has 0 radical (unpaired) electrons. The van der Waals surface area contributed by atoms with Crippen molar-refractivity contribution in [3.63, 3.8) is 0 Å². The highest BCUT2D eigenvalue weighted by Crippen LogP contribution is 2.16. The van der Waals surface area contributed by atoms with Crippen LogP contribution < -0.4 is 11.3 Å². The minimum absolute atomic E-state index is 0.00768. The molecule has 1 aliphatic rings. The minimum atomic E-state index is -0.00768. The molecule has 0 spiro atoms. The van der Waals surface area contributed by atoms with Gasteiger partial charge in [-0.3, -0.25) is 9.69 Å². The van der Waals surface area contributed by atoms with Gasteiger partial charge in [-0.1, -0.05) is 6.92 Å². The average molecular weight is 300 g/mol. The summed E-state index contributed by atoms with van der Waals surface area (Å²) in [5, 5.41) is 0. The van der Waals surface area contributed by atoms with Crippen LogP contribution in [0.25, 0.3) is 0 Å². The molecular formula is C15H20N6O. The van der Waals surface area contributed by atoms with Crippen molar-refractivity contribution in [1.82, 2.24) is 24.8 Å². The van der Waals surface area contributed by atoms with E-state index in [2.05, 4.69) is 31.8 Å². The number of hydrogen-bond donors (Lipinski definition) is 2. The van der Waals surface area contributed by atoms with E-state index in [1.54, 1.807) is 12.4 Å². The zero-order valence-corrected chi connectivity index (χ0v) is 12.7. The van der Waals surface area contributed by atoms with Gasteiger partial charge in [-0.15, -0.1) is 0 Å². The van der Waals surface area contributed by atoms with Gasteiger partial charge in [0.2, 0.25) is 5.95 Å². The van der Waals surface area contributed by atoms with Crippen LogP contribution in [0.5, 0.6) is 0 Å². The third kappa shape index (κ3) is 3.14. The fourth-order valence-corrected chi connectivity index (χ4v) is 2.73. The van der Waals surface area contributed by atoms with E-state index >= 15 is 0 Å². The molecule has 0 aromatic carbocycles. The van der Waals surface area contributed by atoms with Crippen molar-refractivity contribution in [3.8, 4) is 0 Å². The van der Waals surface area contributed by atoms with Gasteiger partial charge in [-0.05, 0) is 6.42 Å². The van der Waals surface area contributed by atoms with Crippen molar-refractivity contribution in [2.45, 2.75) is 39.3 Å². The van der Waals surface area contributed by atoms with Gasteiger partial charge in [0.05, 0.1) is 11.3 Å². The molecule has 7 heteroatoms. The molecule has 7 nitrogen and oxygen atoms in total. The number of nitrogens with one attached hydrogen (secondary N) is 1. The van der Waals surface area contributed by atoms with E-state index in [9.17, 15) is 4.79 Å². The number of aromatic nitrogens is 4. The Balaban J connectivity index is 1.76. The van der Waals surface area contributed by atoms with E-state index in [4.69, 9.17) is 5.73 Å². The molecule has 0 atom stereocenters. The summed E-state index contributed by atoms with van der Waals surface area (Å²) in [5.74, 6) is 1.07. The zero-order chi connectivity index (χ0) is 15.5. The van der Waals surface area contributed by atoms with Crippen LogP contribution in [0, 0.1) is 0 Å². The zero-order valence-electron chi connectivity index (χ0n) is 12.7. The van der Waals surface area contributed by atoms with Crippen LogP contribution in [-0.2, 0) is 25.9 Å². The number of aromatic amines is 1. The van der Waals surface area contributed by atoms with E-state index in [1.807, 2.05) is 0 Å². The van der Waals surface area contributed by atoms with Gasteiger partial charge in [0.1, 0.15) is 5.82 Å². The van der Waals surface area contributed by atoms with Crippen molar-refractivity contribution >= 4 is 5.95 Å². The van der Waals surface area contributed by atoms with Crippen LogP contribution in [0.2, 0.25) is 0 Å². The highest BCUT2D eigenvalue weighted by molar-refractivity contribution is 5.22. The van der Waals surface area contributed by atoms with Crippen molar-refractivity contribution in [3.05, 3.63) is 45.4 Å². The summed E-state index contributed by atoms with van der Waals surface area (Å²) in [6, 6.07) is 0. The predicted octanol–water partition coefficient (Wildman–Crippen LogP) is 0.653. The van der Waals surface area contributed by atoms with Crippen molar-refractivity contribution in [2.75, 3.05) is 12.3 Å². The lowest BCUT2D eigenvalue weighted by molar-refractivity contribution is 0.241. The highest BCUT2D eigenvalue weighted by Gasteiger charge is 2.21. The predicted molar refractivity (Wildman–Crippen MR) is 83.1 cm³/mol. The van der Waals surface area contributed by atoms with Crippen LogP contribution in [0.1, 0.15) is 36.0 Å². The molecule has 0 saturated carbocycles. The third-order valence-corrected chi connectivity index (χ3v) is 3.81. The molecule has 0 fully saturated rings. The summed E-state index contributed by atoms with van der Waals surface area (Å²) in [6.45, 7) is 4.26. The molecule has 2 aromatic rings. The average Bonchev–Trinajstić information content (AvgIpc) is 2.51. The first-order valence-electron chi connectivity index (χ1n) is 7.55. The number of nitrogen functional groups attached to an aromatic ring is 1. The van der Waals surface area contributed by atoms with Crippen LogP contribution in [0.15, 0.2) is 17.2 Å². The summed E-state index contributed by atoms with van der Waals surface area (Å²) in [6.07, 6.45) is 6.04. The minimum Gasteiger partial charge on any atom is -0.368 e. The lowest BCUT2D eigenvalue weighted by Gasteiger charge is -2.27. The number of nitrogens with two attached hydrogens (primary N) is 1. The summed E-state index contributed by atoms with van der Waals surface area (Å²) < 4.78 is 0. The van der Waals surface area contributed by atoms with E-state index in [0.717, 1.165) is 48.5 Å². The van der Waals surface area contributed by atoms with Gasteiger partial charge in [-0.25, -0.2) is 15.0 Å². The first-order valence-corrected chi connectivity index (χ1v) is 7.55. The van der Waals surface area contributed by atoms with Gasteiger partial charge < -0.3 is 10.7 Å². The van der Waals surface area contributed by atoms with Gasteiger partial charge in [0.15, 0.2) is 0 Å². The largest absolute Gasteiger partial charge is 0.368 e. The van der Waals surface area contributed by atoms with Gasteiger partial charge >= 0.3 is 0 Å². The maximum absolute atomic E-state index is 12.2. The Labute approximate surface area is 128 Å². The van der Waals surface area contributed by atoms with Crippen LogP contribution in [0.4, 0.5) is 5.95 Å². The highest BCUT2D eigenvalue weighted by atomic mass is 16.1. The fraction of sp³-hybridized carbons (Fsp3) is 0.467. The Hall–Kier alpha value is -2.28. The topological polar surface area (TPSA) is 101 Å². The van der Waals surface area contributed by atoms with Gasteiger partial charge in [-0.2, -0.15) is 0 Å². The van der Waals surface area contributed by atoms with Crippen molar-refractivity contribution < 1.29 is 0 Å². The molecule has 0 amide bonds. The Morgan fingerprint density at radius 1 is 1.36 bits per heavy atom. The molecule has 0 bridgehead atoms. The molecule has 22 heavy (non-hydrogen) atoms. The van der Waals surface area contributed by atoms with E-state index in [0.29, 0.717) is 13.1 Å². The number of fused-ring (bicyclic) bond motifs is 1. The first kappa shape index (κ1) is 14.6. The molecule has 0 unspecified atom stereocenters. The summed E-state index contributed by atoms with van der Waals surface area (Å²) in [7, 11) is 0. The second kappa shape index (κ2) is 6.23. The van der Waals surface area contributed by atoms with Gasteiger partial charge in [0.25, 0.3) is 5.56 Å². The Morgan fingerprint density at radius 2 is 2.14 bits per heavy atom. The number of aryl methyl sites for hydroxylation is 1. The van der Waals surface area contributed by atoms with Crippen molar-refractivity contribution in [1.29, 1.82) is 0 Å². The van der Waals surface area contributed by atoms with E-state index in [-0.39, 0.29) is 11.5 Å². The Bertz CT molecular complexity index is 709. The number of nitrogens with zero attached hydrogens (tertiary/aromatic N) is 4. The van der Waals surface area contributed by atoms with Crippen molar-refractivity contribution in [2.24, 2.45) is 0 Å². The smallest absolute Gasteiger partial charge is 0.255 e. The summed E-state index contributed by atoms with van der Waals surface area (Å²) in [5.41, 5.74) is 8.20. The number of H-pyrrole nitrogens is 1. The van der Waals surface area contributed by atoms with Crippen LogP contribution in [-0.4, -0.2) is 31.4 Å². The molecule has 3 heterocycles.